The summed E-state index contributed by atoms with van der Waals surface area (Å²) in [5, 5.41) is 2.36. The number of hydrogen-bond acceptors (Lipinski definition) is 5. The van der Waals surface area contributed by atoms with E-state index < -0.39 is 0 Å². The number of rotatable bonds is 4. The number of nitrogens with zero attached hydrogens (tertiary/aromatic N) is 4. The molecule has 4 aromatic carbocycles. The maximum absolute atomic E-state index is 6.60. The van der Waals surface area contributed by atoms with Gasteiger partial charge >= 0.3 is 6.92 Å². The summed E-state index contributed by atoms with van der Waals surface area (Å²) >= 11 is 0. The molecule has 4 heterocycles. The van der Waals surface area contributed by atoms with Gasteiger partial charge in [0.15, 0.2) is 5.88 Å². The molecule has 0 spiro atoms. The molecule has 0 amide bonds. The van der Waals surface area contributed by atoms with Crippen molar-refractivity contribution in [3.05, 3.63) is 127 Å². The summed E-state index contributed by atoms with van der Waals surface area (Å²) in [6.45, 7) is 7.23. The minimum atomic E-state index is -0.183. The Labute approximate surface area is 257 Å². The van der Waals surface area contributed by atoms with Crippen molar-refractivity contribution in [2.45, 2.75) is 26.2 Å². The van der Waals surface area contributed by atoms with Gasteiger partial charge in [0, 0.05) is 41.8 Å². The van der Waals surface area contributed by atoms with Gasteiger partial charge in [-0.2, -0.15) is 0 Å². The van der Waals surface area contributed by atoms with Crippen LogP contribution in [0.25, 0.3) is 27.6 Å². The number of fused-ring (bicyclic) bond motifs is 6. The lowest BCUT2D eigenvalue weighted by atomic mass is 9.54. The van der Waals surface area contributed by atoms with Gasteiger partial charge in [0.2, 0.25) is 0 Å². The Balaban J connectivity index is 1.22. The van der Waals surface area contributed by atoms with Gasteiger partial charge in [-0.15, -0.1) is 0 Å². The van der Waals surface area contributed by atoms with E-state index >= 15 is 0 Å². The number of pyridine rings is 1. The molecule has 0 radical (unpaired) electrons. The summed E-state index contributed by atoms with van der Waals surface area (Å²) < 4.78 is 15.4. The molecule has 0 saturated heterocycles. The first-order valence-electron chi connectivity index (χ1n) is 15.1. The maximum Gasteiger partial charge on any atom is 0.430 e. The van der Waals surface area contributed by atoms with Gasteiger partial charge in [-0.25, -0.2) is 4.98 Å². The molecule has 7 heteroatoms. The van der Waals surface area contributed by atoms with E-state index in [4.69, 9.17) is 14.4 Å². The van der Waals surface area contributed by atoms with Gasteiger partial charge in [-0.1, -0.05) is 75.4 Å². The van der Waals surface area contributed by atoms with Crippen molar-refractivity contribution in [1.29, 1.82) is 0 Å². The second-order valence-corrected chi connectivity index (χ2v) is 12.7. The normalized spacial score (nSPS) is 14.5. The van der Waals surface area contributed by atoms with Crippen LogP contribution in [-0.2, 0) is 10.1 Å². The molecule has 216 valence electrons. The maximum atomic E-state index is 6.60. The average molecular weight is 577 g/mol. The van der Waals surface area contributed by atoms with Crippen LogP contribution in [0.3, 0.4) is 0 Å². The predicted molar refractivity (Wildman–Crippen MR) is 180 cm³/mol. The standard InChI is InChI=1S/C37H33BN4O2/c1-37(2,3)25-18-19-39-35(20-25)42-32-13-9-8-12-29(32)30-16-14-27(21-33(30)42)43-28-15-17-31-34(22-28)41-24-40(4)23-36(41)44-38(31)26-10-6-5-7-11-26/h5-23H,24H2,1-4H3. The number of ether oxygens (including phenoxy) is 1. The van der Waals surface area contributed by atoms with E-state index in [-0.39, 0.29) is 12.3 Å². The Morgan fingerprint density at radius 2 is 1.55 bits per heavy atom. The van der Waals surface area contributed by atoms with Crippen LogP contribution in [0.1, 0.15) is 26.3 Å². The van der Waals surface area contributed by atoms with Crippen molar-refractivity contribution in [2.24, 2.45) is 0 Å². The van der Waals surface area contributed by atoms with Crippen LogP contribution in [0.5, 0.6) is 11.5 Å². The third kappa shape index (κ3) is 4.39. The van der Waals surface area contributed by atoms with E-state index in [0.29, 0.717) is 0 Å². The van der Waals surface area contributed by atoms with Crippen molar-refractivity contribution < 1.29 is 9.39 Å². The zero-order valence-electron chi connectivity index (χ0n) is 25.4. The molecule has 0 bridgehead atoms. The molecule has 0 unspecified atom stereocenters. The molecule has 0 saturated carbocycles. The van der Waals surface area contributed by atoms with Crippen LogP contribution >= 0.6 is 0 Å². The molecule has 0 N–H and O–H groups in total. The van der Waals surface area contributed by atoms with Crippen molar-refractivity contribution in [3.8, 4) is 17.3 Å². The Hall–Kier alpha value is -5.17. The predicted octanol–water partition coefficient (Wildman–Crippen LogP) is 6.91. The van der Waals surface area contributed by atoms with Gasteiger partial charge in [0.25, 0.3) is 0 Å². The van der Waals surface area contributed by atoms with E-state index in [9.17, 15) is 0 Å². The fourth-order valence-corrected chi connectivity index (χ4v) is 6.39. The first kappa shape index (κ1) is 26.5. The molecule has 44 heavy (non-hydrogen) atoms. The van der Waals surface area contributed by atoms with E-state index in [1.807, 2.05) is 18.3 Å². The summed E-state index contributed by atoms with van der Waals surface area (Å²) in [4.78, 5) is 9.16. The lowest BCUT2D eigenvalue weighted by molar-refractivity contribution is 0.428. The van der Waals surface area contributed by atoms with Crippen LogP contribution in [-0.4, -0.2) is 35.1 Å². The highest BCUT2D eigenvalue weighted by molar-refractivity contribution is 6.81. The summed E-state index contributed by atoms with van der Waals surface area (Å²) in [6, 6.07) is 35.9. The highest BCUT2D eigenvalue weighted by Gasteiger charge is 2.38. The fraction of sp³-hybridized carbons (Fsp3) is 0.162. The second kappa shape index (κ2) is 9.95. The Bertz CT molecular complexity index is 2080. The molecule has 0 aliphatic carbocycles. The summed E-state index contributed by atoms with van der Waals surface area (Å²) in [5.74, 6) is 3.30. The van der Waals surface area contributed by atoms with Gasteiger partial charge in [-0.3, -0.25) is 9.47 Å². The van der Waals surface area contributed by atoms with Gasteiger partial charge in [0.1, 0.15) is 17.3 Å². The van der Waals surface area contributed by atoms with E-state index in [1.54, 1.807) is 0 Å². The summed E-state index contributed by atoms with van der Waals surface area (Å²) in [5.41, 5.74) is 6.78. The molecule has 6 aromatic rings. The monoisotopic (exact) mass is 576 g/mol. The summed E-state index contributed by atoms with van der Waals surface area (Å²) in [7, 11) is 2.06. The number of anilines is 1. The van der Waals surface area contributed by atoms with Crippen LogP contribution in [0.4, 0.5) is 5.69 Å². The SMILES string of the molecule is CN1C=C2OB(c3ccccc3)c3ccc(Oc4ccc5c6ccccc6n(-c6cc(C(C)(C)C)ccn6)c5c4)cc3N2C1. The fourth-order valence-electron chi connectivity index (χ4n) is 6.39. The number of hydrogen-bond donors (Lipinski definition) is 0. The quantitative estimate of drug-likeness (QED) is 0.214. The Kier molecular flexibility index (Phi) is 5.98. The number of benzene rings is 4. The molecule has 0 atom stereocenters. The van der Waals surface area contributed by atoms with Crippen LogP contribution < -0.4 is 20.6 Å². The topological polar surface area (TPSA) is 42.8 Å². The molecule has 8 rings (SSSR count). The molecule has 2 aliphatic rings. The molecule has 2 aliphatic heterocycles. The highest BCUT2D eigenvalue weighted by Crippen LogP contribution is 2.37. The number of aromatic nitrogens is 2. The molecule has 2 aromatic heterocycles. The lowest BCUT2D eigenvalue weighted by Gasteiger charge is -2.33. The molecular weight excluding hydrogens is 543 g/mol. The minimum absolute atomic E-state index is 0.0148. The van der Waals surface area contributed by atoms with Crippen molar-refractivity contribution >= 4 is 45.3 Å². The summed E-state index contributed by atoms with van der Waals surface area (Å²) in [6.07, 6.45) is 3.97. The van der Waals surface area contributed by atoms with Crippen LogP contribution in [0.15, 0.2) is 121 Å². The van der Waals surface area contributed by atoms with Crippen molar-refractivity contribution in [3.63, 3.8) is 0 Å². The second-order valence-electron chi connectivity index (χ2n) is 12.7. The zero-order valence-corrected chi connectivity index (χ0v) is 25.4. The van der Waals surface area contributed by atoms with Crippen LogP contribution in [0.2, 0.25) is 0 Å². The van der Waals surface area contributed by atoms with E-state index in [2.05, 4.69) is 139 Å². The van der Waals surface area contributed by atoms with Crippen molar-refractivity contribution in [1.82, 2.24) is 14.5 Å². The minimum Gasteiger partial charge on any atom is -0.538 e. The molecule has 0 fully saturated rings. The van der Waals surface area contributed by atoms with Gasteiger partial charge in [-0.05, 0) is 58.3 Å². The van der Waals surface area contributed by atoms with Gasteiger partial charge in [0.05, 0.1) is 23.9 Å². The first-order valence-corrected chi connectivity index (χ1v) is 15.1. The third-order valence-electron chi connectivity index (χ3n) is 8.60. The lowest BCUT2D eigenvalue weighted by Crippen LogP contribution is -2.52. The zero-order chi connectivity index (χ0) is 30.0. The largest absolute Gasteiger partial charge is 0.538 e. The highest BCUT2D eigenvalue weighted by atomic mass is 16.5. The number of para-hydroxylation sites is 1. The third-order valence-corrected chi connectivity index (χ3v) is 8.60. The smallest absolute Gasteiger partial charge is 0.430 e. The van der Waals surface area contributed by atoms with Crippen LogP contribution in [0, 0.1) is 0 Å². The van der Waals surface area contributed by atoms with E-state index in [0.717, 1.165) is 57.5 Å². The molecule has 6 nitrogen and oxygen atoms in total. The first-order chi connectivity index (χ1) is 21.3. The molecular formula is C37H33BN4O2. The average Bonchev–Trinajstić information content (AvgIpc) is 3.57. The van der Waals surface area contributed by atoms with Crippen molar-refractivity contribution in [2.75, 3.05) is 18.6 Å². The Morgan fingerprint density at radius 1 is 0.795 bits per heavy atom. The van der Waals surface area contributed by atoms with E-state index in [1.165, 1.54) is 16.3 Å². The Morgan fingerprint density at radius 3 is 2.39 bits per heavy atom. The van der Waals surface area contributed by atoms with Gasteiger partial charge < -0.3 is 14.3 Å².